The predicted octanol–water partition coefficient (Wildman–Crippen LogP) is 4.44. The molecule has 1 aromatic heterocycles. The smallest absolute Gasteiger partial charge is 0.243 e. The minimum Gasteiger partial charge on any atom is -0.325 e. The van der Waals surface area contributed by atoms with E-state index in [4.69, 9.17) is 0 Å². The van der Waals surface area contributed by atoms with Gasteiger partial charge >= 0.3 is 0 Å². The molecule has 0 fully saturated rings. The van der Waals surface area contributed by atoms with Gasteiger partial charge in [0.25, 0.3) is 0 Å². The summed E-state index contributed by atoms with van der Waals surface area (Å²) in [5.41, 5.74) is 2.69. The number of nitrogens with one attached hydrogen (secondary N) is 1. The highest BCUT2D eigenvalue weighted by molar-refractivity contribution is 9.10. The fraction of sp³-hybridized carbons (Fsp3) is 0.105. The SMILES string of the molecule is CN(CC(=O)Nc1cccc(-c2ccsc2)c1)S(=O)(=O)c1ccc(Br)cc1. The average Bonchev–Trinajstić information content (AvgIpc) is 3.17. The number of carbonyl (C=O) groups is 1. The van der Waals surface area contributed by atoms with E-state index in [-0.39, 0.29) is 11.4 Å². The molecule has 3 rings (SSSR count). The van der Waals surface area contributed by atoms with Crippen molar-refractivity contribution >= 4 is 48.9 Å². The zero-order valence-electron chi connectivity index (χ0n) is 14.4. The normalized spacial score (nSPS) is 11.5. The predicted molar refractivity (Wildman–Crippen MR) is 112 cm³/mol. The molecule has 0 saturated carbocycles. The number of likely N-dealkylation sites (N-methyl/N-ethyl adjacent to an activating group) is 1. The third kappa shape index (κ3) is 4.84. The van der Waals surface area contributed by atoms with Gasteiger partial charge in [0.05, 0.1) is 11.4 Å². The summed E-state index contributed by atoms with van der Waals surface area (Å²) in [6, 6.07) is 15.8. The van der Waals surface area contributed by atoms with E-state index < -0.39 is 15.9 Å². The lowest BCUT2D eigenvalue weighted by Gasteiger charge is -2.17. The maximum Gasteiger partial charge on any atom is 0.243 e. The minimum absolute atomic E-state index is 0.139. The van der Waals surface area contributed by atoms with Gasteiger partial charge in [-0.3, -0.25) is 4.79 Å². The highest BCUT2D eigenvalue weighted by Crippen LogP contribution is 2.25. The third-order valence-corrected chi connectivity index (χ3v) is 6.92. The second-order valence-electron chi connectivity index (χ2n) is 5.86. The molecule has 27 heavy (non-hydrogen) atoms. The largest absolute Gasteiger partial charge is 0.325 e. The number of hydrogen-bond donors (Lipinski definition) is 1. The Bertz CT molecular complexity index is 1030. The maximum atomic E-state index is 12.6. The first-order chi connectivity index (χ1) is 12.9. The molecule has 1 heterocycles. The van der Waals surface area contributed by atoms with E-state index >= 15 is 0 Å². The second-order valence-corrected chi connectivity index (χ2v) is 9.60. The number of anilines is 1. The van der Waals surface area contributed by atoms with Crippen molar-refractivity contribution in [3.8, 4) is 11.1 Å². The molecule has 0 aliphatic heterocycles. The van der Waals surface area contributed by atoms with Crippen LogP contribution in [-0.4, -0.2) is 32.2 Å². The summed E-state index contributed by atoms with van der Waals surface area (Å²) in [7, 11) is -2.35. The topological polar surface area (TPSA) is 66.5 Å². The van der Waals surface area contributed by atoms with Gasteiger partial charge in [-0.15, -0.1) is 0 Å². The molecule has 0 radical (unpaired) electrons. The van der Waals surface area contributed by atoms with Crippen LogP contribution < -0.4 is 5.32 Å². The number of thiophene rings is 1. The van der Waals surface area contributed by atoms with Crippen LogP contribution in [0.2, 0.25) is 0 Å². The molecule has 8 heteroatoms. The molecule has 0 aliphatic carbocycles. The van der Waals surface area contributed by atoms with Crippen molar-refractivity contribution in [2.45, 2.75) is 4.90 Å². The molecular formula is C19H17BrN2O3S2. The monoisotopic (exact) mass is 464 g/mol. The number of nitrogens with zero attached hydrogens (tertiary/aromatic N) is 1. The van der Waals surface area contributed by atoms with E-state index in [1.54, 1.807) is 29.5 Å². The van der Waals surface area contributed by atoms with Crippen LogP contribution in [0.5, 0.6) is 0 Å². The number of carbonyl (C=O) groups excluding carboxylic acids is 1. The van der Waals surface area contributed by atoms with Gasteiger partial charge in [-0.25, -0.2) is 8.42 Å². The molecule has 2 aromatic carbocycles. The molecule has 0 atom stereocenters. The van der Waals surface area contributed by atoms with Gasteiger partial charge in [0, 0.05) is 17.2 Å². The van der Waals surface area contributed by atoms with Crippen LogP contribution in [0.1, 0.15) is 0 Å². The van der Waals surface area contributed by atoms with Crippen LogP contribution in [0.3, 0.4) is 0 Å². The van der Waals surface area contributed by atoms with Crippen molar-refractivity contribution < 1.29 is 13.2 Å². The highest BCUT2D eigenvalue weighted by atomic mass is 79.9. The van der Waals surface area contributed by atoms with E-state index in [0.29, 0.717) is 5.69 Å². The molecule has 0 saturated heterocycles. The fourth-order valence-electron chi connectivity index (χ4n) is 2.48. The quantitative estimate of drug-likeness (QED) is 0.586. The van der Waals surface area contributed by atoms with E-state index in [1.807, 2.05) is 35.0 Å². The average molecular weight is 465 g/mol. The summed E-state index contributed by atoms with van der Waals surface area (Å²) in [6.07, 6.45) is 0. The van der Waals surface area contributed by atoms with Crippen LogP contribution in [0.15, 0.2) is 74.7 Å². The van der Waals surface area contributed by atoms with Gasteiger partial charge in [-0.2, -0.15) is 15.6 Å². The number of amides is 1. The van der Waals surface area contributed by atoms with E-state index in [2.05, 4.69) is 21.2 Å². The number of sulfonamides is 1. The third-order valence-electron chi connectivity index (χ3n) is 3.89. The van der Waals surface area contributed by atoms with E-state index in [9.17, 15) is 13.2 Å². The van der Waals surface area contributed by atoms with Crippen molar-refractivity contribution in [1.82, 2.24) is 4.31 Å². The summed E-state index contributed by atoms with van der Waals surface area (Å²) in [5, 5.41) is 6.77. The maximum absolute atomic E-state index is 12.6. The van der Waals surface area contributed by atoms with Crippen molar-refractivity contribution in [3.05, 3.63) is 69.8 Å². The molecule has 0 aliphatic rings. The second kappa shape index (κ2) is 8.35. The van der Waals surface area contributed by atoms with Crippen LogP contribution in [0, 0.1) is 0 Å². The van der Waals surface area contributed by atoms with Crippen LogP contribution in [0.4, 0.5) is 5.69 Å². The molecule has 1 amide bonds. The van der Waals surface area contributed by atoms with Gasteiger partial charge < -0.3 is 5.32 Å². The summed E-state index contributed by atoms with van der Waals surface area (Å²) in [5.74, 6) is -0.402. The van der Waals surface area contributed by atoms with Crippen LogP contribution in [-0.2, 0) is 14.8 Å². The van der Waals surface area contributed by atoms with E-state index in [0.717, 1.165) is 19.9 Å². The highest BCUT2D eigenvalue weighted by Gasteiger charge is 2.22. The Balaban J connectivity index is 1.68. The molecule has 0 unspecified atom stereocenters. The summed E-state index contributed by atoms with van der Waals surface area (Å²) < 4.78 is 27.0. The van der Waals surface area contributed by atoms with Crippen molar-refractivity contribution in [2.75, 3.05) is 18.9 Å². The van der Waals surface area contributed by atoms with Gasteiger partial charge in [0.2, 0.25) is 15.9 Å². The number of rotatable bonds is 6. The Hall–Kier alpha value is -2.00. The lowest BCUT2D eigenvalue weighted by atomic mass is 10.1. The molecule has 0 bridgehead atoms. The summed E-state index contributed by atoms with van der Waals surface area (Å²) in [4.78, 5) is 12.5. The van der Waals surface area contributed by atoms with Gasteiger partial charge in [0.1, 0.15) is 0 Å². The zero-order chi connectivity index (χ0) is 19.4. The first kappa shape index (κ1) is 19.8. The van der Waals surface area contributed by atoms with E-state index in [1.165, 1.54) is 19.2 Å². The fourth-order valence-corrected chi connectivity index (χ4v) is 4.54. The first-order valence-electron chi connectivity index (χ1n) is 8.00. The Morgan fingerprint density at radius 1 is 1.11 bits per heavy atom. The Morgan fingerprint density at radius 2 is 1.85 bits per heavy atom. The van der Waals surface area contributed by atoms with Crippen LogP contribution in [0.25, 0.3) is 11.1 Å². The first-order valence-corrected chi connectivity index (χ1v) is 11.2. The summed E-state index contributed by atoms with van der Waals surface area (Å²) in [6.45, 7) is -0.277. The van der Waals surface area contributed by atoms with Gasteiger partial charge in [0.15, 0.2) is 0 Å². The molecule has 5 nitrogen and oxygen atoms in total. The standard InChI is InChI=1S/C19H17BrN2O3S2/c1-22(27(24,25)18-7-5-16(20)6-8-18)12-19(23)21-17-4-2-3-14(11-17)15-9-10-26-13-15/h2-11,13H,12H2,1H3,(H,21,23). The lowest BCUT2D eigenvalue weighted by molar-refractivity contribution is -0.116. The van der Waals surface area contributed by atoms with Crippen LogP contribution >= 0.6 is 27.3 Å². The number of hydrogen-bond acceptors (Lipinski definition) is 4. The van der Waals surface area contributed by atoms with Gasteiger partial charge in [-0.1, -0.05) is 28.1 Å². The lowest BCUT2D eigenvalue weighted by Crippen LogP contribution is -2.34. The number of benzene rings is 2. The van der Waals surface area contributed by atoms with Crippen molar-refractivity contribution in [3.63, 3.8) is 0 Å². The minimum atomic E-state index is -3.73. The molecule has 0 spiro atoms. The molecule has 140 valence electrons. The van der Waals surface area contributed by atoms with Gasteiger partial charge in [-0.05, 0) is 64.4 Å². The summed E-state index contributed by atoms with van der Waals surface area (Å²) >= 11 is 4.88. The Kier molecular flexibility index (Phi) is 6.11. The molecular weight excluding hydrogens is 448 g/mol. The molecule has 1 N–H and O–H groups in total. The van der Waals surface area contributed by atoms with Crippen molar-refractivity contribution in [1.29, 1.82) is 0 Å². The Labute approximate surface area is 170 Å². The number of halogens is 1. The van der Waals surface area contributed by atoms with Crippen molar-refractivity contribution in [2.24, 2.45) is 0 Å². The zero-order valence-corrected chi connectivity index (χ0v) is 17.6. The molecule has 3 aromatic rings. The Morgan fingerprint density at radius 3 is 2.52 bits per heavy atom.